The van der Waals surface area contributed by atoms with E-state index in [1.54, 1.807) is 12.1 Å². The van der Waals surface area contributed by atoms with Crippen molar-refractivity contribution < 1.29 is 9.50 Å². The van der Waals surface area contributed by atoms with Gasteiger partial charge in [-0.2, -0.15) is 0 Å². The molecule has 0 saturated carbocycles. The maximum absolute atomic E-state index is 13.6. The predicted octanol–water partition coefficient (Wildman–Crippen LogP) is 1.94. The summed E-state index contributed by atoms with van der Waals surface area (Å²) in [5.74, 6) is -0.527. The van der Waals surface area contributed by atoms with E-state index in [4.69, 9.17) is 5.73 Å². The van der Waals surface area contributed by atoms with Gasteiger partial charge < -0.3 is 10.8 Å². The molecule has 0 aromatic heterocycles. The zero-order valence-electron chi connectivity index (χ0n) is 9.42. The number of rotatable bonds is 3. The second-order valence-corrected chi connectivity index (χ2v) is 4.27. The minimum Gasteiger partial charge on any atom is -0.383 e. The van der Waals surface area contributed by atoms with Gasteiger partial charge in [0.1, 0.15) is 11.4 Å². The van der Waals surface area contributed by atoms with Gasteiger partial charge in [0.25, 0.3) is 0 Å². The van der Waals surface area contributed by atoms with Crippen LogP contribution in [0.3, 0.4) is 0 Å². The van der Waals surface area contributed by atoms with Gasteiger partial charge in [-0.15, -0.1) is 0 Å². The Labute approximate surface area is 89.9 Å². The van der Waals surface area contributed by atoms with Gasteiger partial charge in [0.05, 0.1) is 0 Å². The molecule has 15 heavy (non-hydrogen) atoms. The Hall–Kier alpha value is -0.930. The largest absolute Gasteiger partial charge is 0.383 e. The number of benzene rings is 1. The molecule has 1 atom stereocenters. The van der Waals surface area contributed by atoms with Crippen LogP contribution in [0.5, 0.6) is 0 Å². The Morgan fingerprint density at radius 3 is 2.53 bits per heavy atom. The van der Waals surface area contributed by atoms with E-state index < -0.39 is 11.4 Å². The Morgan fingerprint density at radius 2 is 2.07 bits per heavy atom. The highest BCUT2D eigenvalue weighted by Crippen LogP contribution is 2.30. The summed E-state index contributed by atoms with van der Waals surface area (Å²) < 4.78 is 13.6. The topological polar surface area (TPSA) is 46.2 Å². The van der Waals surface area contributed by atoms with Crippen molar-refractivity contribution in [3.8, 4) is 0 Å². The molecule has 0 bridgehead atoms. The van der Waals surface area contributed by atoms with Gasteiger partial charge in [0, 0.05) is 12.1 Å². The van der Waals surface area contributed by atoms with Gasteiger partial charge in [0.2, 0.25) is 0 Å². The fourth-order valence-corrected chi connectivity index (χ4v) is 1.63. The van der Waals surface area contributed by atoms with Crippen LogP contribution in [-0.2, 0) is 5.60 Å². The van der Waals surface area contributed by atoms with Crippen molar-refractivity contribution in [3.05, 3.63) is 35.1 Å². The van der Waals surface area contributed by atoms with Crippen LogP contribution >= 0.6 is 0 Å². The number of hydrogen-bond donors (Lipinski definition) is 2. The van der Waals surface area contributed by atoms with E-state index in [1.165, 1.54) is 6.07 Å². The maximum atomic E-state index is 13.6. The van der Waals surface area contributed by atoms with Gasteiger partial charge in [-0.3, -0.25) is 0 Å². The molecule has 3 N–H and O–H groups in total. The molecule has 0 radical (unpaired) electrons. The number of aryl methyl sites for hydroxylation is 1. The molecule has 0 aliphatic heterocycles. The quantitative estimate of drug-likeness (QED) is 0.802. The molecule has 1 rings (SSSR count). The van der Waals surface area contributed by atoms with E-state index in [0.717, 1.165) is 5.56 Å². The van der Waals surface area contributed by atoms with Crippen LogP contribution in [0.25, 0.3) is 0 Å². The van der Waals surface area contributed by atoms with Crippen molar-refractivity contribution in [2.24, 2.45) is 11.7 Å². The molecule has 1 aromatic rings. The smallest absolute Gasteiger partial charge is 0.129 e. The lowest BCUT2D eigenvalue weighted by atomic mass is 9.82. The van der Waals surface area contributed by atoms with Crippen molar-refractivity contribution in [3.63, 3.8) is 0 Å². The summed E-state index contributed by atoms with van der Waals surface area (Å²) in [4.78, 5) is 0. The number of nitrogens with two attached hydrogens (primary N) is 1. The summed E-state index contributed by atoms with van der Waals surface area (Å²) in [5.41, 5.74) is 5.47. The third-order valence-corrected chi connectivity index (χ3v) is 2.85. The van der Waals surface area contributed by atoms with E-state index in [2.05, 4.69) is 0 Å². The fourth-order valence-electron chi connectivity index (χ4n) is 1.63. The van der Waals surface area contributed by atoms with E-state index >= 15 is 0 Å². The molecular weight excluding hydrogens is 193 g/mol. The molecule has 2 nitrogen and oxygen atoms in total. The lowest BCUT2D eigenvalue weighted by molar-refractivity contribution is -0.00437. The molecule has 0 heterocycles. The van der Waals surface area contributed by atoms with Crippen LogP contribution in [0, 0.1) is 18.7 Å². The van der Waals surface area contributed by atoms with Crippen molar-refractivity contribution in [1.82, 2.24) is 0 Å². The molecule has 0 spiro atoms. The normalized spacial score (nSPS) is 15.4. The molecule has 84 valence electrons. The summed E-state index contributed by atoms with van der Waals surface area (Å²) in [6, 6.07) is 4.70. The van der Waals surface area contributed by atoms with E-state index in [-0.39, 0.29) is 12.5 Å². The van der Waals surface area contributed by atoms with Crippen LogP contribution in [0.15, 0.2) is 18.2 Å². The van der Waals surface area contributed by atoms with Crippen LogP contribution in [0.1, 0.15) is 25.0 Å². The highest BCUT2D eigenvalue weighted by atomic mass is 19.1. The number of aliphatic hydroxyl groups is 1. The van der Waals surface area contributed by atoms with Gasteiger partial charge in [-0.25, -0.2) is 4.39 Å². The zero-order valence-corrected chi connectivity index (χ0v) is 9.42. The third kappa shape index (κ3) is 2.19. The Bertz CT molecular complexity index is 351. The standard InChI is InChI=1S/C12H18FNO/c1-8(2)12(15,7-14)10-6-9(3)4-5-11(10)13/h4-6,8,15H,7,14H2,1-3H3. The highest BCUT2D eigenvalue weighted by molar-refractivity contribution is 5.30. The van der Waals surface area contributed by atoms with Crippen molar-refractivity contribution >= 4 is 0 Å². The summed E-state index contributed by atoms with van der Waals surface area (Å²) in [5, 5.41) is 10.3. The molecule has 0 fully saturated rings. The molecular formula is C12H18FNO. The molecule has 3 heteroatoms. The SMILES string of the molecule is Cc1ccc(F)c(C(O)(CN)C(C)C)c1. The minimum atomic E-state index is -1.28. The lowest BCUT2D eigenvalue weighted by Crippen LogP contribution is -2.40. The highest BCUT2D eigenvalue weighted by Gasteiger charge is 2.34. The van der Waals surface area contributed by atoms with Gasteiger partial charge >= 0.3 is 0 Å². The molecule has 0 amide bonds. The van der Waals surface area contributed by atoms with E-state index in [9.17, 15) is 9.50 Å². The average molecular weight is 211 g/mol. The van der Waals surface area contributed by atoms with Crippen LogP contribution < -0.4 is 5.73 Å². The summed E-state index contributed by atoms with van der Waals surface area (Å²) >= 11 is 0. The first kappa shape index (κ1) is 12.1. The van der Waals surface area contributed by atoms with Crippen LogP contribution in [-0.4, -0.2) is 11.7 Å². The minimum absolute atomic E-state index is 0.0189. The van der Waals surface area contributed by atoms with Crippen molar-refractivity contribution in [2.45, 2.75) is 26.4 Å². The second kappa shape index (κ2) is 4.29. The van der Waals surface area contributed by atoms with E-state index in [0.29, 0.717) is 5.56 Å². The fraction of sp³-hybridized carbons (Fsp3) is 0.500. The molecule has 0 aliphatic rings. The monoisotopic (exact) mass is 211 g/mol. The maximum Gasteiger partial charge on any atom is 0.129 e. The molecule has 1 aromatic carbocycles. The first-order valence-electron chi connectivity index (χ1n) is 5.11. The average Bonchev–Trinajstić information content (AvgIpc) is 2.20. The number of halogens is 1. The summed E-state index contributed by atoms with van der Waals surface area (Å²) in [6.07, 6.45) is 0. The summed E-state index contributed by atoms with van der Waals surface area (Å²) in [6.45, 7) is 5.54. The first-order chi connectivity index (χ1) is 6.91. The van der Waals surface area contributed by atoms with Crippen molar-refractivity contribution in [2.75, 3.05) is 6.54 Å². The van der Waals surface area contributed by atoms with Crippen LogP contribution in [0.4, 0.5) is 4.39 Å². The first-order valence-corrected chi connectivity index (χ1v) is 5.11. The summed E-state index contributed by atoms with van der Waals surface area (Å²) in [7, 11) is 0. The zero-order chi connectivity index (χ0) is 11.6. The number of hydrogen-bond acceptors (Lipinski definition) is 2. The van der Waals surface area contributed by atoms with Gasteiger partial charge in [-0.1, -0.05) is 31.5 Å². The Morgan fingerprint density at radius 1 is 1.47 bits per heavy atom. The van der Waals surface area contributed by atoms with Gasteiger partial charge in [0.15, 0.2) is 0 Å². The molecule has 1 unspecified atom stereocenters. The van der Waals surface area contributed by atoms with Gasteiger partial charge in [-0.05, 0) is 18.9 Å². The second-order valence-electron chi connectivity index (χ2n) is 4.27. The molecule has 0 saturated heterocycles. The predicted molar refractivity (Wildman–Crippen MR) is 58.9 cm³/mol. The molecule has 0 aliphatic carbocycles. The van der Waals surface area contributed by atoms with Crippen molar-refractivity contribution in [1.29, 1.82) is 0 Å². The van der Waals surface area contributed by atoms with Crippen LogP contribution in [0.2, 0.25) is 0 Å². The lowest BCUT2D eigenvalue weighted by Gasteiger charge is -2.31. The van der Waals surface area contributed by atoms with E-state index in [1.807, 2.05) is 20.8 Å². The third-order valence-electron chi connectivity index (χ3n) is 2.85. The Kier molecular flexibility index (Phi) is 3.47. The Balaban J connectivity index is 3.29.